The average Bonchev–Trinajstić information content (AvgIpc) is 2.77. The van der Waals surface area contributed by atoms with Crippen molar-refractivity contribution in [1.29, 1.82) is 0 Å². The van der Waals surface area contributed by atoms with Crippen molar-refractivity contribution in [2.24, 2.45) is 11.8 Å². The van der Waals surface area contributed by atoms with Crippen LogP contribution in [0.2, 0.25) is 0 Å². The van der Waals surface area contributed by atoms with Gasteiger partial charge in [0.05, 0.1) is 18.4 Å². The fourth-order valence-electron chi connectivity index (χ4n) is 2.88. The molecule has 0 bridgehead atoms. The number of para-hydroxylation sites is 1. The molecule has 0 saturated carbocycles. The number of Topliss-reactive ketones (excluding diaryl/α,β-unsaturated/α-hetero) is 1. The van der Waals surface area contributed by atoms with Gasteiger partial charge in [-0.05, 0) is 41.1 Å². The van der Waals surface area contributed by atoms with E-state index in [0.717, 1.165) is 11.1 Å². The van der Waals surface area contributed by atoms with E-state index in [1.807, 2.05) is 30.3 Å². The Kier molecular flexibility index (Phi) is 7.25. The lowest BCUT2D eigenvalue weighted by atomic mass is 10.0. The first-order chi connectivity index (χ1) is 15.2. The lowest BCUT2D eigenvalue weighted by molar-refractivity contribution is -0.140. The summed E-state index contributed by atoms with van der Waals surface area (Å²) in [5.41, 5.74) is 1.38. The van der Waals surface area contributed by atoms with Gasteiger partial charge in [0.2, 0.25) is 0 Å². The summed E-state index contributed by atoms with van der Waals surface area (Å²) < 4.78 is 11.0. The maximum absolute atomic E-state index is 12.7. The molecule has 0 aliphatic rings. The Morgan fingerprint density at radius 1 is 0.750 bits per heavy atom. The normalized spacial score (nSPS) is 10.9. The van der Waals surface area contributed by atoms with E-state index in [4.69, 9.17) is 9.47 Å². The van der Waals surface area contributed by atoms with Crippen molar-refractivity contribution in [3.8, 4) is 11.5 Å². The molecule has 0 spiro atoms. The molecule has 3 rings (SSSR count). The number of rotatable bonds is 8. The van der Waals surface area contributed by atoms with Gasteiger partial charge >= 0.3 is 11.9 Å². The summed E-state index contributed by atoms with van der Waals surface area (Å²) in [4.78, 5) is 37.0. The first-order valence-electron chi connectivity index (χ1n) is 10.6. The molecule has 0 saturated heterocycles. The molecule has 1 N–H and O–H groups in total. The van der Waals surface area contributed by atoms with Crippen LogP contribution in [0, 0.1) is 11.8 Å². The molecule has 0 fully saturated rings. The monoisotopic (exact) mass is 433 g/mol. The zero-order chi connectivity index (χ0) is 23.3. The van der Waals surface area contributed by atoms with Crippen LogP contribution in [-0.2, 0) is 9.59 Å². The number of carbonyl (C=O) groups is 3. The number of ketones is 1. The molecule has 0 unspecified atom stereocenters. The van der Waals surface area contributed by atoms with Gasteiger partial charge in [-0.3, -0.25) is 14.4 Å². The van der Waals surface area contributed by atoms with Crippen LogP contribution < -0.4 is 14.8 Å². The Balaban J connectivity index is 1.90. The predicted molar refractivity (Wildman–Crippen MR) is 124 cm³/mol. The van der Waals surface area contributed by atoms with Gasteiger partial charge in [0.25, 0.3) is 0 Å². The minimum atomic E-state index is -0.439. The Morgan fingerprint density at radius 3 is 1.88 bits per heavy atom. The second-order valence-electron chi connectivity index (χ2n) is 8.16. The van der Waals surface area contributed by atoms with Crippen LogP contribution in [0.15, 0.2) is 60.7 Å². The molecule has 32 heavy (non-hydrogen) atoms. The van der Waals surface area contributed by atoms with Gasteiger partial charge in [-0.15, -0.1) is 0 Å². The summed E-state index contributed by atoms with van der Waals surface area (Å²) in [5.74, 6) is -1.30. The van der Waals surface area contributed by atoms with Crippen LogP contribution in [0.5, 0.6) is 11.5 Å². The molecule has 0 atom stereocenters. The summed E-state index contributed by atoms with van der Waals surface area (Å²) in [5, 5.41) is 4.56. The number of nitrogens with one attached hydrogen (secondary N) is 1. The number of carbonyl (C=O) groups excluding carboxylic acids is 3. The number of hydrogen-bond donors (Lipinski definition) is 1. The van der Waals surface area contributed by atoms with Gasteiger partial charge in [-0.25, -0.2) is 0 Å². The number of benzene rings is 3. The van der Waals surface area contributed by atoms with E-state index in [-0.39, 0.29) is 35.7 Å². The molecule has 0 heterocycles. The molecular weight excluding hydrogens is 406 g/mol. The standard InChI is InChI=1S/C26H27NO5/c1-16(2)25(29)31-23-13-18-10-11-19(22(28)15-27-21-8-6-5-7-9-21)12-20(18)14-24(23)32-26(30)17(3)4/h5-14,16-17,27H,15H2,1-4H3. The molecule has 3 aromatic carbocycles. The van der Waals surface area contributed by atoms with E-state index >= 15 is 0 Å². The minimum absolute atomic E-state index is 0.0770. The number of anilines is 1. The molecule has 0 amide bonds. The lowest BCUT2D eigenvalue weighted by Crippen LogP contribution is -2.18. The van der Waals surface area contributed by atoms with Crippen molar-refractivity contribution in [3.05, 3.63) is 66.2 Å². The number of hydrogen-bond acceptors (Lipinski definition) is 6. The van der Waals surface area contributed by atoms with Crippen LogP contribution >= 0.6 is 0 Å². The summed E-state index contributed by atoms with van der Waals surface area (Å²) in [6.07, 6.45) is 0. The van der Waals surface area contributed by atoms with Gasteiger partial charge in [0, 0.05) is 11.3 Å². The topological polar surface area (TPSA) is 81.7 Å². The third-order valence-corrected chi connectivity index (χ3v) is 4.82. The first kappa shape index (κ1) is 23.0. The predicted octanol–water partition coefficient (Wildman–Crippen LogP) is 5.26. The van der Waals surface area contributed by atoms with E-state index in [2.05, 4.69) is 5.32 Å². The smallest absolute Gasteiger partial charge is 0.313 e. The lowest BCUT2D eigenvalue weighted by Gasteiger charge is -2.14. The zero-order valence-electron chi connectivity index (χ0n) is 18.7. The second kappa shape index (κ2) is 10.1. The fourth-order valence-corrected chi connectivity index (χ4v) is 2.88. The Bertz CT molecular complexity index is 1140. The van der Waals surface area contributed by atoms with Crippen LogP contribution in [0.25, 0.3) is 10.8 Å². The van der Waals surface area contributed by atoms with E-state index in [0.29, 0.717) is 10.9 Å². The maximum Gasteiger partial charge on any atom is 0.313 e. The van der Waals surface area contributed by atoms with Gasteiger partial charge in [-0.1, -0.05) is 58.0 Å². The highest BCUT2D eigenvalue weighted by Gasteiger charge is 2.19. The first-order valence-corrected chi connectivity index (χ1v) is 10.6. The van der Waals surface area contributed by atoms with Crippen LogP contribution in [-0.4, -0.2) is 24.3 Å². The fraction of sp³-hybridized carbons (Fsp3) is 0.269. The van der Waals surface area contributed by atoms with Crippen molar-refractivity contribution in [1.82, 2.24) is 0 Å². The summed E-state index contributed by atoms with van der Waals surface area (Å²) in [6, 6.07) is 18.0. The third-order valence-electron chi connectivity index (χ3n) is 4.82. The number of fused-ring (bicyclic) bond motifs is 1. The van der Waals surface area contributed by atoms with Crippen LogP contribution in [0.4, 0.5) is 5.69 Å². The minimum Gasteiger partial charge on any atom is -0.422 e. The summed E-state index contributed by atoms with van der Waals surface area (Å²) in [7, 11) is 0. The molecule has 3 aromatic rings. The van der Waals surface area contributed by atoms with Gasteiger partial charge in [-0.2, -0.15) is 0 Å². The number of esters is 2. The molecular formula is C26H27NO5. The molecule has 0 aliphatic heterocycles. The molecule has 166 valence electrons. The Labute approximate surface area is 187 Å². The highest BCUT2D eigenvalue weighted by Crippen LogP contribution is 2.34. The van der Waals surface area contributed by atoms with E-state index in [9.17, 15) is 14.4 Å². The van der Waals surface area contributed by atoms with Crippen molar-refractivity contribution >= 4 is 34.2 Å². The van der Waals surface area contributed by atoms with Crippen molar-refractivity contribution < 1.29 is 23.9 Å². The Morgan fingerprint density at radius 2 is 1.31 bits per heavy atom. The van der Waals surface area contributed by atoms with Crippen LogP contribution in [0.1, 0.15) is 38.1 Å². The van der Waals surface area contributed by atoms with Gasteiger partial charge in [0.15, 0.2) is 17.3 Å². The molecule has 6 heteroatoms. The highest BCUT2D eigenvalue weighted by molar-refractivity contribution is 6.02. The third kappa shape index (κ3) is 5.72. The maximum atomic E-state index is 12.7. The van der Waals surface area contributed by atoms with Gasteiger partial charge in [0.1, 0.15) is 0 Å². The quantitative estimate of drug-likeness (QED) is 0.297. The zero-order valence-corrected chi connectivity index (χ0v) is 18.7. The molecule has 6 nitrogen and oxygen atoms in total. The van der Waals surface area contributed by atoms with Gasteiger partial charge < -0.3 is 14.8 Å². The molecule has 0 aliphatic carbocycles. The van der Waals surface area contributed by atoms with E-state index < -0.39 is 11.9 Å². The van der Waals surface area contributed by atoms with E-state index in [1.54, 1.807) is 58.0 Å². The highest BCUT2D eigenvalue weighted by atomic mass is 16.6. The molecule has 0 aromatic heterocycles. The van der Waals surface area contributed by atoms with Crippen LogP contribution in [0.3, 0.4) is 0 Å². The van der Waals surface area contributed by atoms with Crippen molar-refractivity contribution in [3.63, 3.8) is 0 Å². The Hall–Kier alpha value is -3.67. The van der Waals surface area contributed by atoms with E-state index in [1.165, 1.54) is 0 Å². The SMILES string of the molecule is CC(C)C(=O)Oc1cc2ccc(C(=O)CNc3ccccc3)cc2cc1OC(=O)C(C)C. The number of ether oxygens (including phenoxy) is 2. The molecule has 0 radical (unpaired) electrons. The average molecular weight is 434 g/mol. The summed E-state index contributed by atoms with van der Waals surface area (Å²) in [6.45, 7) is 7.04. The largest absolute Gasteiger partial charge is 0.422 e. The van der Waals surface area contributed by atoms with Crippen molar-refractivity contribution in [2.45, 2.75) is 27.7 Å². The van der Waals surface area contributed by atoms with Crippen molar-refractivity contribution in [2.75, 3.05) is 11.9 Å². The summed E-state index contributed by atoms with van der Waals surface area (Å²) >= 11 is 0. The second-order valence-corrected chi connectivity index (χ2v) is 8.16.